The first-order valence-corrected chi connectivity index (χ1v) is 4.28. The Labute approximate surface area is 68.8 Å². The van der Waals surface area contributed by atoms with Crippen LogP contribution in [0.5, 0.6) is 0 Å². The number of carbonyl (C=O) groups is 1. The number of alkyl halides is 1. The lowest BCUT2D eigenvalue weighted by atomic mass is 10.2. The zero-order valence-corrected chi connectivity index (χ0v) is 7.55. The molecular formula is C6H10IO2. The third-order valence-corrected chi connectivity index (χ3v) is 2.20. The molecule has 0 spiro atoms. The average molecular weight is 241 g/mol. The van der Waals surface area contributed by atoms with E-state index in [2.05, 4.69) is 0 Å². The minimum absolute atomic E-state index is 0.303. The van der Waals surface area contributed by atoms with E-state index in [0.29, 0.717) is 0 Å². The number of rotatable bonds is 4. The highest BCUT2D eigenvalue weighted by Gasteiger charge is 2.12. The molecule has 3 heteroatoms. The van der Waals surface area contributed by atoms with Gasteiger partial charge in [0.2, 0.25) is 0 Å². The molecule has 0 aromatic heterocycles. The van der Waals surface area contributed by atoms with Gasteiger partial charge in [-0.15, -0.1) is 0 Å². The second kappa shape index (κ2) is 5.02. The first kappa shape index (κ1) is 9.20. The van der Waals surface area contributed by atoms with Gasteiger partial charge in [-0.1, -0.05) is 42.4 Å². The highest BCUT2D eigenvalue weighted by Crippen LogP contribution is 2.09. The molecule has 0 saturated heterocycles. The van der Waals surface area contributed by atoms with Crippen molar-refractivity contribution in [3.8, 4) is 0 Å². The Morgan fingerprint density at radius 2 is 2.22 bits per heavy atom. The van der Waals surface area contributed by atoms with Crippen LogP contribution in [0.1, 0.15) is 26.2 Å². The molecule has 1 atom stereocenters. The summed E-state index contributed by atoms with van der Waals surface area (Å²) in [5.41, 5.74) is 0. The molecule has 1 radical (unpaired) electrons. The molecule has 53 valence electrons. The summed E-state index contributed by atoms with van der Waals surface area (Å²) in [6.45, 7) is 2.04. The van der Waals surface area contributed by atoms with Crippen LogP contribution in [0.25, 0.3) is 0 Å². The van der Waals surface area contributed by atoms with Gasteiger partial charge in [0, 0.05) is 0 Å². The summed E-state index contributed by atoms with van der Waals surface area (Å²) in [6.07, 6.45) is 2.76. The van der Waals surface area contributed by atoms with Crippen molar-refractivity contribution >= 4 is 28.6 Å². The van der Waals surface area contributed by atoms with Gasteiger partial charge >= 0.3 is 5.97 Å². The van der Waals surface area contributed by atoms with Gasteiger partial charge in [-0.05, 0) is 6.42 Å². The van der Waals surface area contributed by atoms with E-state index in [-0.39, 0.29) is 3.92 Å². The van der Waals surface area contributed by atoms with Crippen LogP contribution in [-0.4, -0.2) is 9.89 Å². The molecule has 9 heavy (non-hydrogen) atoms. The summed E-state index contributed by atoms with van der Waals surface area (Å²) in [5.74, 6) is -0.941. The second-order valence-electron chi connectivity index (χ2n) is 1.93. The van der Waals surface area contributed by atoms with E-state index in [4.69, 9.17) is 0 Å². The van der Waals surface area contributed by atoms with E-state index >= 15 is 0 Å². The first-order chi connectivity index (χ1) is 4.18. The first-order valence-electron chi connectivity index (χ1n) is 3.03. The normalized spacial score (nSPS) is 13.1. The average Bonchev–Trinajstić information content (AvgIpc) is 1.82. The second-order valence-corrected chi connectivity index (χ2v) is 3.43. The SMILES string of the molecule is CCCCC(I)C([O])=O. The molecule has 0 aliphatic heterocycles. The lowest BCUT2D eigenvalue weighted by Gasteiger charge is -1.98. The lowest BCUT2D eigenvalue weighted by Crippen LogP contribution is -2.10. The van der Waals surface area contributed by atoms with Gasteiger partial charge < -0.3 is 0 Å². The molecule has 0 saturated carbocycles. The highest BCUT2D eigenvalue weighted by atomic mass is 127. The van der Waals surface area contributed by atoms with Crippen LogP contribution < -0.4 is 0 Å². The van der Waals surface area contributed by atoms with E-state index in [9.17, 15) is 9.90 Å². The van der Waals surface area contributed by atoms with Gasteiger partial charge in [0.25, 0.3) is 0 Å². The molecule has 0 aliphatic carbocycles. The van der Waals surface area contributed by atoms with E-state index in [1.54, 1.807) is 0 Å². The summed E-state index contributed by atoms with van der Waals surface area (Å²) in [4.78, 5) is 10.1. The summed E-state index contributed by atoms with van der Waals surface area (Å²) in [5, 5.41) is 10.1. The monoisotopic (exact) mass is 241 g/mol. The molecule has 0 heterocycles. The zero-order chi connectivity index (χ0) is 7.28. The maximum atomic E-state index is 10.1. The number of hydrogen-bond acceptors (Lipinski definition) is 1. The van der Waals surface area contributed by atoms with Gasteiger partial charge in [0.05, 0.1) is 0 Å². The minimum Gasteiger partial charge on any atom is -0.246 e. The fraction of sp³-hybridized carbons (Fsp3) is 0.833. The Kier molecular flexibility index (Phi) is 5.13. The minimum atomic E-state index is -0.941. The molecule has 0 amide bonds. The number of halogens is 1. The fourth-order valence-electron chi connectivity index (χ4n) is 0.501. The quantitative estimate of drug-likeness (QED) is 0.547. The van der Waals surface area contributed by atoms with Crippen LogP contribution in [-0.2, 0) is 9.90 Å². The van der Waals surface area contributed by atoms with Crippen LogP contribution in [0.4, 0.5) is 0 Å². The molecule has 0 aromatic carbocycles. The highest BCUT2D eigenvalue weighted by molar-refractivity contribution is 14.1. The summed E-state index contributed by atoms with van der Waals surface area (Å²) in [7, 11) is 0. The standard InChI is InChI=1S/C6H10IO2/c1-2-3-4-5(7)6(8)9/h5H,2-4H2,1H3. The summed E-state index contributed by atoms with van der Waals surface area (Å²) < 4.78 is -0.303. The Morgan fingerprint density at radius 3 is 2.56 bits per heavy atom. The maximum Gasteiger partial charge on any atom is 0.368 e. The van der Waals surface area contributed by atoms with Gasteiger partial charge in [-0.25, -0.2) is 9.90 Å². The molecule has 1 unspecified atom stereocenters. The van der Waals surface area contributed by atoms with Crippen molar-refractivity contribution < 1.29 is 9.90 Å². The Hall–Kier alpha value is 0.200. The third-order valence-electron chi connectivity index (χ3n) is 1.07. The van der Waals surface area contributed by atoms with Crippen molar-refractivity contribution in [1.82, 2.24) is 0 Å². The summed E-state index contributed by atoms with van der Waals surface area (Å²) >= 11 is 1.89. The van der Waals surface area contributed by atoms with Crippen LogP contribution in [0.3, 0.4) is 0 Å². The maximum absolute atomic E-state index is 10.1. The van der Waals surface area contributed by atoms with E-state index in [1.165, 1.54) is 0 Å². The van der Waals surface area contributed by atoms with Crippen molar-refractivity contribution in [1.29, 1.82) is 0 Å². The molecule has 0 aliphatic rings. The molecule has 0 fully saturated rings. The van der Waals surface area contributed by atoms with Crippen LogP contribution >= 0.6 is 22.6 Å². The van der Waals surface area contributed by atoms with Gasteiger partial charge in [0.1, 0.15) is 3.92 Å². The van der Waals surface area contributed by atoms with Crippen LogP contribution in [0.2, 0.25) is 0 Å². The third kappa shape index (κ3) is 4.69. The number of carbonyl (C=O) groups excluding carboxylic acids is 1. The van der Waals surface area contributed by atoms with E-state index < -0.39 is 5.97 Å². The van der Waals surface area contributed by atoms with Crippen molar-refractivity contribution in [3.63, 3.8) is 0 Å². The molecule has 0 N–H and O–H groups in total. The predicted octanol–water partition coefficient (Wildman–Crippen LogP) is 1.94. The topological polar surface area (TPSA) is 37.0 Å². The molecule has 0 bridgehead atoms. The van der Waals surface area contributed by atoms with Gasteiger partial charge in [-0.3, -0.25) is 0 Å². The van der Waals surface area contributed by atoms with Crippen molar-refractivity contribution in [2.45, 2.75) is 30.1 Å². The zero-order valence-electron chi connectivity index (χ0n) is 5.39. The Morgan fingerprint density at radius 1 is 1.67 bits per heavy atom. The molecule has 0 rings (SSSR count). The predicted molar refractivity (Wildman–Crippen MR) is 43.0 cm³/mol. The van der Waals surface area contributed by atoms with Crippen molar-refractivity contribution in [2.75, 3.05) is 0 Å². The fourth-order valence-corrected chi connectivity index (χ4v) is 0.942. The van der Waals surface area contributed by atoms with Crippen molar-refractivity contribution in [3.05, 3.63) is 0 Å². The van der Waals surface area contributed by atoms with Crippen LogP contribution in [0, 0.1) is 0 Å². The number of hydrogen-bond donors (Lipinski definition) is 0. The number of unbranched alkanes of at least 4 members (excludes halogenated alkanes) is 1. The summed E-state index contributed by atoms with van der Waals surface area (Å²) in [6, 6.07) is 0. The van der Waals surface area contributed by atoms with Gasteiger partial charge in [-0.2, -0.15) is 0 Å². The van der Waals surface area contributed by atoms with Crippen molar-refractivity contribution in [2.24, 2.45) is 0 Å². The largest absolute Gasteiger partial charge is 0.368 e. The molecule has 2 nitrogen and oxygen atoms in total. The van der Waals surface area contributed by atoms with Crippen LogP contribution in [0.15, 0.2) is 0 Å². The van der Waals surface area contributed by atoms with Gasteiger partial charge in [0.15, 0.2) is 0 Å². The lowest BCUT2D eigenvalue weighted by molar-refractivity contribution is -0.142. The van der Waals surface area contributed by atoms with E-state index in [1.807, 2.05) is 29.5 Å². The molecular weight excluding hydrogens is 231 g/mol. The molecule has 0 aromatic rings. The Bertz CT molecular complexity index is 93.1. The van der Waals surface area contributed by atoms with E-state index in [0.717, 1.165) is 19.3 Å². The smallest absolute Gasteiger partial charge is 0.246 e. The Balaban J connectivity index is 3.27.